The lowest BCUT2D eigenvalue weighted by Gasteiger charge is -2.32. The minimum Gasteiger partial charge on any atom is -0.496 e. The maximum absolute atomic E-state index is 13.3. The molecule has 3 heterocycles. The zero-order valence-corrected chi connectivity index (χ0v) is 19.5. The molecule has 2 aliphatic rings. The van der Waals surface area contributed by atoms with Crippen LogP contribution in [0.15, 0.2) is 23.1 Å². The van der Waals surface area contributed by atoms with E-state index in [1.807, 2.05) is 14.0 Å². The van der Waals surface area contributed by atoms with Crippen LogP contribution < -0.4 is 10.1 Å². The summed E-state index contributed by atoms with van der Waals surface area (Å²) < 4.78 is 33.5. The van der Waals surface area contributed by atoms with Crippen molar-refractivity contribution in [2.24, 2.45) is 0 Å². The van der Waals surface area contributed by atoms with Crippen molar-refractivity contribution >= 4 is 15.8 Å². The van der Waals surface area contributed by atoms with Crippen LogP contribution in [0.5, 0.6) is 5.75 Å². The number of aryl methyl sites for hydroxylation is 1. The Hall–Kier alpha value is -2.23. The number of hydrogen-bond donors (Lipinski definition) is 1. The number of rotatable bonds is 5. The van der Waals surface area contributed by atoms with E-state index in [1.54, 1.807) is 29.6 Å². The molecule has 31 heavy (non-hydrogen) atoms. The lowest BCUT2D eigenvalue weighted by molar-refractivity contribution is 0.300. The van der Waals surface area contributed by atoms with E-state index in [1.165, 1.54) is 0 Å². The summed E-state index contributed by atoms with van der Waals surface area (Å²) >= 11 is 0. The number of anilines is 1. The van der Waals surface area contributed by atoms with Gasteiger partial charge < -0.3 is 15.0 Å². The van der Waals surface area contributed by atoms with Crippen molar-refractivity contribution in [3.8, 4) is 5.75 Å². The topological polar surface area (TPSA) is 87.7 Å². The Morgan fingerprint density at radius 1 is 1.23 bits per heavy atom. The molecule has 1 saturated heterocycles. The molecule has 2 aromatic rings. The van der Waals surface area contributed by atoms with Gasteiger partial charge in [-0.15, -0.1) is 0 Å². The number of ether oxygens (including phenoxy) is 1. The number of methoxy groups -OCH3 is 1. The van der Waals surface area contributed by atoms with Gasteiger partial charge in [-0.05, 0) is 50.6 Å². The molecule has 4 rings (SSSR count). The van der Waals surface area contributed by atoms with Gasteiger partial charge in [0.1, 0.15) is 17.4 Å². The molecule has 1 fully saturated rings. The van der Waals surface area contributed by atoms with Crippen molar-refractivity contribution in [2.75, 3.05) is 46.2 Å². The van der Waals surface area contributed by atoms with Crippen LogP contribution in [0.3, 0.4) is 0 Å². The predicted octanol–water partition coefficient (Wildman–Crippen LogP) is 2.39. The Morgan fingerprint density at radius 2 is 2.03 bits per heavy atom. The number of piperidine rings is 1. The van der Waals surface area contributed by atoms with Crippen molar-refractivity contribution in [3.05, 3.63) is 40.8 Å². The zero-order valence-electron chi connectivity index (χ0n) is 18.7. The van der Waals surface area contributed by atoms with Crippen molar-refractivity contribution < 1.29 is 13.2 Å². The molecule has 0 unspecified atom stereocenters. The fraction of sp³-hybridized carbons (Fsp3) is 0.545. The van der Waals surface area contributed by atoms with Gasteiger partial charge in [-0.2, -0.15) is 4.31 Å². The minimum atomic E-state index is -3.59. The summed E-state index contributed by atoms with van der Waals surface area (Å²) in [5.41, 5.74) is 3.03. The first-order valence-electron chi connectivity index (χ1n) is 10.7. The highest BCUT2D eigenvalue weighted by molar-refractivity contribution is 7.89. The summed E-state index contributed by atoms with van der Waals surface area (Å²) in [6.45, 7) is 4.56. The largest absolute Gasteiger partial charge is 0.496 e. The highest BCUT2D eigenvalue weighted by Gasteiger charge is 2.33. The first-order valence-corrected chi connectivity index (χ1v) is 12.2. The fourth-order valence-corrected chi connectivity index (χ4v) is 6.10. The number of fused-ring (bicyclic) bond motifs is 1. The molecule has 2 aliphatic heterocycles. The van der Waals surface area contributed by atoms with Crippen molar-refractivity contribution in [3.63, 3.8) is 0 Å². The number of likely N-dealkylation sites (N-methyl/N-ethyl adjacent to an activating group) is 1. The third-order valence-corrected chi connectivity index (χ3v) is 8.12. The van der Waals surface area contributed by atoms with Crippen molar-refractivity contribution in [1.82, 2.24) is 19.2 Å². The molecule has 1 aromatic heterocycles. The van der Waals surface area contributed by atoms with E-state index < -0.39 is 10.0 Å². The lowest BCUT2D eigenvalue weighted by Crippen LogP contribution is -2.39. The number of hydrogen-bond acceptors (Lipinski definition) is 7. The van der Waals surface area contributed by atoms with Crippen LogP contribution in [0.4, 0.5) is 5.82 Å². The Morgan fingerprint density at radius 3 is 2.74 bits per heavy atom. The average Bonchev–Trinajstić information content (AvgIpc) is 2.78. The van der Waals surface area contributed by atoms with Crippen LogP contribution in [0.1, 0.15) is 41.4 Å². The van der Waals surface area contributed by atoms with Gasteiger partial charge in [0.05, 0.1) is 17.7 Å². The second-order valence-electron chi connectivity index (χ2n) is 8.43. The second-order valence-corrected chi connectivity index (χ2v) is 10.4. The summed E-state index contributed by atoms with van der Waals surface area (Å²) in [4.78, 5) is 12.3. The van der Waals surface area contributed by atoms with E-state index in [4.69, 9.17) is 14.7 Å². The molecule has 1 aromatic carbocycles. The molecule has 0 amide bonds. The average molecular weight is 446 g/mol. The minimum absolute atomic E-state index is 0.0140. The van der Waals surface area contributed by atoms with Crippen LogP contribution in [-0.4, -0.2) is 68.4 Å². The van der Waals surface area contributed by atoms with E-state index in [2.05, 4.69) is 17.3 Å². The highest BCUT2D eigenvalue weighted by Crippen LogP contribution is 2.32. The standard InChI is InChI=1S/C22H31N5O3S/c1-15-12-17(7-8-20(15)30-4)31(28,29)27-10-5-6-16(13-27)21-24-19-9-11-26(3)14-18(19)22(23-2)25-21/h7-8,12,16H,5-6,9-11,13-14H2,1-4H3,(H,23,24,25)/t16-/m1/s1. The van der Waals surface area contributed by atoms with Crippen LogP contribution in [0, 0.1) is 6.92 Å². The van der Waals surface area contributed by atoms with Crippen molar-refractivity contribution in [1.29, 1.82) is 0 Å². The molecule has 0 saturated carbocycles. The van der Waals surface area contributed by atoms with Gasteiger partial charge in [-0.25, -0.2) is 18.4 Å². The molecule has 8 nitrogen and oxygen atoms in total. The summed E-state index contributed by atoms with van der Waals surface area (Å²) in [6, 6.07) is 5.02. The number of nitrogens with zero attached hydrogens (tertiary/aromatic N) is 4. The van der Waals surface area contributed by atoms with E-state index in [-0.39, 0.29) is 5.92 Å². The predicted molar refractivity (Wildman–Crippen MR) is 120 cm³/mol. The van der Waals surface area contributed by atoms with Crippen LogP contribution in [0.25, 0.3) is 0 Å². The normalized spacial score (nSPS) is 20.3. The first kappa shape index (κ1) is 22.0. The molecular formula is C22H31N5O3S. The maximum atomic E-state index is 13.3. The Balaban J connectivity index is 1.61. The zero-order chi connectivity index (χ0) is 22.2. The van der Waals surface area contributed by atoms with E-state index >= 15 is 0 Å². The molecular weight excluding hydrogens is 414 g/mol. The summed E-state index contributed by atoms with van der Waals surface area (Å²) in [5.74, 6) is 2.28. The number of benzene rings is 1. The Kier molecular flexibility index (Phi) is 6.18. The molecule has 168 valence electrons. The number of aromatic nitrogens is 2. The molecule has 1 atom stereocenters. The van der Waals surface area contributed by atoms with E-state index in [9.17, 15) is 8.42 Å². The van der Waals surface area contributed by atoms with Gasteiger partial charge in [0, 0.05) is 51.1 Å². The Bertz CT molecular complexity index is 1060. The van der Waals surface area contributed by atoms with E-state index in [0.29, 0.717) is 23.7 Å². The summed E-state index contributed by atoms with van der Waals surface area (Å²) in [7, 11) is 1.97. The SMILES string of the molecule is CNc1nc([C@@H]2CCCN(S(=O)(=O)c3ccc(OC)c(C)c3)C2)nc2c1CN(C)CC2. The van der Waals surface area contributed by atoms with Gasteiger partial charge in [-0.1, -0.05) is 0 Å². The summed E-state index contributed by atoms with van der Waals surface area (Å²) in [6.07, 6.45) is 2.56. The van der Waals surface area contributed by atoms with Crippen LogP contribution in [-0.2, 0) is 23.0 Å². The van der Waals surface area contributed by atoms with Gasteiger partial charge >= 0.3 is 0 Å². The Labute approximate surface area is 184 Å². The second kappa shape index (κ2) is 8.72. The van der Waals surface area contributed by atoms with Crippen LogP contribution in [0.2, 0.25) is 0 Å². The van der Waals surface area contributed by atoms with E-state index in [0.717, 1.165) is 60.8 Å². The molecule has 1 N–H and O–H groups in total. The van der Waals surface area contributed by atoms with Crippen molar-refractivity contribution in [2.45, 2.75) is 43.5 Å². The monoisotopic (exact) mass is 445 g/mol. The lowest BCUT2D eigenvalue weighted by atomic mass is 9.97. The molecule has 0 spiro atoms. The molecule has 0 radical (unpaired) electrons. The first-order chi connectivity index (χ1) is 14.8. The van der Waals surface area contributed by atoms with Gasteiger partial charge in [0.2, 0.25) is 10.0 Å². The van der Waals surface area contributed by atoms with Gasteiger partial charge in [0.25, 0.3) is 0 Å². The fourth-order valence-electron chi connectivity index (χ4n) is 4.49. The number of nitrogens with one attached hydrogen (secondary N) is 1. The molecule has 0 bridgehead atoms. The van der Waals surface area contributed by atoms with Gasteiger partial charge in [0.15, 0.2) is 0 Å². The molecule has 0 aliphatic carbocycles. The number of sulfonamides is 1. The third-order valence-electron chi connectivity index (χ3n) is 6.26. The quantitative estimate of drug-likeness (QED) is 0.756. The third kappa shape index (κ3) is 4.26. The maximum Gasteiger partial charge on any atom is 0.243 e. The smallest absolute Gasteiger partial charge is 0.243 e. The van der Waals surface area contributed by atoms with Crippen LogP contribution >= 0.6 is 0 Å². The highest BCUT2D eigenvalue weighted by atomic mass is 32.2. The van der Waals surface area contributed by atoms with Gasteiger partial charge in [-0.3, -0.25) is 0 Å². The summed E-state index contributed by atoms with van der Waals surface area (Å²) in [5, 5.41) is 3.22. The molecule has 9 heteroatoms.